The smallest absolute Gasteiger partial charge is 0.376 e. The Balaban J connectivity index is 1.75. The summed E-state index contributed by atoms with van der Waals surface area (Å²) in [5.74, 6) is -0.751. The van der Waals surface area contributed by atoms with Crippen molar-refractivity contribution in [2.45, 2.75) is 26.8 Å². The third-order valence-electron chi connectivity index (χ3n) is 4.80. The Morgan fingerprint density at radius 2 is 1.74 bits per heavy atom. The highest BCUT2D eigenvalue weighted by Gasteiger charge is 2.22. The molecule has 1 N–H and O–H groups in total. The van der Waals surface area contributed by atoms with E-state index in [0.29, 0.717) is 29.0 Å². The predicted octanol–water partition coefficient (Wildman–Crippen LogP) is 4.78. The van der Waals surface area contributed by atoms with Crippen LogP contribution in [0.15, 0.2) is 53.1 Å². The molecule has 4 rings (SSSR count). The van der Waals surface area contributed by atoms with Crippen LogP contribution in [0, 0.1) is 5.82 Å². The van der Waals surface area contributed by atoms with Crippen molar-refractivity contribution in [3.05, 3.63) is 71.3 Å². The number of ether oxygens (including phenoxy) is 1. The van der Waals surface area contributed by atoms with Gasteiger partial charge in [0, 0.05) is 12.1 Å². The minimum Gasteiger partial charge on any atom is -0.460 e. The lowest BCUT2D eigenvalue weighted by molar-refractivity contribution is 0.0512. The fourth-order valence-corrected chi connectivity index (χ4v) is 3.15. The van der Waals surface area contributed by atoms with Crippen LogP contribution in [0.3, 0.4) is 0 Å². The van der Waals surface area contributed by atoms with Crippen molar-refractivity contribution < 1.29 is 18.4 Å². The fourth-order valence-electron chi connectivity index (χ4n) is 3.15. The van der Waals surface area contributed by atoms with Crippen molar-refractivity contribution in [1.29, 1.82) is 0 Å². The lowest BCUT2D eigenvalue weighted by Crippen LogP contribution is -2.12. The Morgan fingerprint density at radius 1 is 1.03 bits per heavy atom. The number of aromatic nitrogens is 3. The van der Waals surface area contributed by atoms with Gasteiger partial charge in [-0.25, -0.2) is 14.2 Å². The molecule has 7 nitrogen and oxygen atoms in total. The summed E-state index contributed by atoms with van der Waals surface area (Å²) in [5, 5.41) is 7.85. The molecule has 0 aliphatic heterocycles. The van der Waals surface area contributed by atoms with Gasteiger partial charge in [-0.3, -0.25) is 0 Å². The molecule has 2 aromatic carbocycles. The molecule has 0 amide bonds. The van der Waals surface area contributed by atoms with Crippen LogP contribution in [0.1, 0.15) is 35.6 Å². The first kappa shape index (κ1) is 20.5. The molecule has 2 aromatic heterocycles. The number of anilines is 1. The van der Waals surface area contributed by atoms with Crippen LogP contribution in [0.2, 0.25) is 0 Å². The summed E-state index contributed by atoms with van der Waals surface area (Å²) in [5.41, 5.74) is 3.52. The highest BCUT2D eigenvalue weighted by molar-refractivity contribution is 5.99. The number of nitrogens with zero attached hydrogens (tertiary/aromatic N) is 3. The molecule has 0 saturated heterocycles. The molecule has 0 aliphatic rings. The van der Waals surface area contributed by atoms with Gasteiger partial charge in [-0.1, -0.05) is 36.3 Å². The van der Waals surface area contributed by atoms with Gasteiger partial charge < -0.3 is 14.6 Å². The molecule has 0 radical (unpaired) electrons. The van der Waals surface area contributed by atoms with E-state index in [1.807, 2.05) is 12.1 Å². The molecule has 0 unspecified atom stereocenters. The van der Waals surface area contributed by atoms with Crippen LogP contribution in [0.4, 0.5) is 10.2 Å². The summed E-state index contributed by atoms with van der Waals surface area (Å²) in [6.07, 6.45) is 0.963. The van der Waals surface area contributed by atoms with Gasteiger partial charge in [0.25, 0.3) is 5.71 Å². The van der Waals surface area contributed by atoms with Crippen LogP contribution in [0.5, 0.6) is 0 Å². The minimum atomic E-state index is -0.653. The van der Waals surface area contributed by atoms with Gasteiger partial charge in [-0.05, 0) is 48.7 Å². The number of carbonyl (C=O) groups is 1. The number of hydrogen-bond acceptors (Lipinski definition) is 7. The molecule has 0 bridgehead atoms. The fraction of sp³-hybridized carbons (Fsp3) is 0.217. The minimum absolute atomic E-state index is 0.125. The van der Waals surface area contributed by atoms with Gasteiger partial charge >= 0.3 is 5.97 Å². The summed E-state index contributed by atoms with van der Waals surface area (Å²) >= 11 is 0. The van der Waals surface area contributed by atoms with Crippen molar-refractivity contribution >= 4 is 22.9 Å². The second-order valence-corrected chi connectivity index (χ2v) is 6.86. The number of rotatable bonds is 7. The topological polar surface area (TPSA) is 90.1 Å². The number of carbonyl (C=O) groups excluding carboxylic acids is 1. The standard InChI is InChI=1S/C23H21FN4O3/c1-3-14-5-7-15(8-6-14)13-25-20-18-19(16-9-11-17(24)12-10-16)28-31-22(18)27-21(26-20)23(29)30-4-2/h5-12H,3-4,13H2,1-2H3,(H,25,26,27). The largest absolute Gasteiger partial charge is 0.460 e. The lowest BCUT2D eigenvalue weighted by atomic mass is 10.1. The van der Waals surface area contributed by atoms with E-state index < -0.39 is 5.97 Å². The van der Waals surface area contributed by atoms with E-state index in [-0.39, 0.29) is 24.0 Å². The number of benzene rings is 2. The van der Waals surface area contributed by atoms with Gasteiger partial charge in [0.2, 0.25) is 5.82 Å². The summed E-state index contributed by atoms with van der Waals surface area (Å²) in [6, 6.07) is 14.1. The summed E-state index contributed by atoms with van der Waals surface area (Å²) in [7, 11) is 0. The maximum absolute atomic E-state index is 13.4. The third-order valence-corrected chi connectivity index (χ3v) is 4.80. The average Bonchev–Trinajstić information content (AvgIpc) is 3.22. The first-order valence-corrected chi connectivity index (χ1v) is 10.0. The third kappa shape index (κ3) is 4.37. The summed E-state index contributed by atoms with van der Waals surface area (Å²) in [6.45, 7) is 4.47. The molecular weight excluding hydrogens is 399 g/mol. The van der Waals surface area contributed by atoms with Crippen LogP contribution >= 0.6 is 0 Å². The maximum Gasteiger partial charge on any atom is 0.376 e. The zero-order valence-electron chi connectivity index (χ0n) is 17.2. The molecular formula is C23H21FN4O3. The molecule has 4 aromatic rings. The first-order valence-electron chi connectivity index (χ1n) is 10.0. The van der Waals surface area contributed by atoms with E-state index in [4.69, 9.17) is 9.26 Å². The summed E-state index contributed by atoms with van der Waals surface area (Å²) < 4.78 is 23.8. The van der Waals surface area contributed by atoms with E-state index in [9.17, 15) is 9.18 Å². The summed E-state index contributed by atoms with van der Waals surface area (Å²) in [4.78, 5) is 20.8. The van der Waals surface area contributed by atoms with E-state index in [1.54, 1.807) is 19.1 Å². The Kier molecular flexibility index (Phi) is 5.88. The van der Waals surface area contributed by atoms with Gasteiger partial charge in [-0.2, -0.15) is 4.98 Å². The van der Waals surface area contributed by atoms with E-state index >= 15 is 0 Å². The number of aryl methyl sites for hydroxylation is 1. The SMILES string of the molecule is CCOC(=O)c1nc(NCc2ccc(CC)cc2)c2c(-c3ccc(F)cc3)noc2n1. The average molecular weight is 420 g/mol. The molecule has 2 heterocycles. The molecule has 0 saturated carbocycles. The van der Waals surface area contributed by atoms with E-state index in [2.05, 4.69) is 39.5 Å². The molecule has 31 heavy (non-hydrogen) atoms. The maximum atomic E-state index is 13.4. The van der Waals surface area contributed by atoms with Crippen LogP contribution in [-0.4, -0.2) is 27.7 Å². The monoisotopic (exact) mass is 420 g/mol. The number of halogens is 1. The quantitative estimate of drug-likeness (QED) is 0.431. The van der Waals surface area contributed by atoms with Gasteiger partial charge in [0.15, 0.2) is 0 Å². The number of nitrogens with one attached hydrogen (secondary N) is 1. The second kappa shape index (κ2) is 8.91. The highest BCUT2D eigenvalue weighted by atomic mass is 19.1. The molecule has 0 fully saturated rings. The number of hydrogen-bond donors (Lipinski definition) is 1. The Morgan fingerprint density at radius 3 is 2.42 bits per heavy atom. The van der Waals surface area contributed by atoms with Crippen molar-refractivity contribution in [2.75, 3.05) is 11.9 Å². The number of fused-ring (bicyclic) bond motifs is 1. The molecule has 158 valence electrons. The number of esters is 1. The van der Waals surface area contributed by atoms with Crippen LogP contribution in [-0.2, 0) is 17.7 Å². The van der Waals surface area contributed by atoms with E-state index in [0.717, 1.165) is 12.0 Å². The van der Waals surface area contributed by atoms with Crippen LogP contribution < -0.4 is 5.32 Å². The predicted molar refractivity (Wildman–Crippen MR) is 114 cm³/mol. The van der Waals surface area contributed by atoms with Gasteiger partial charge in [0.05, 0.1) is 6.61 Å². The van der Waals surface area contributed by atoms with Crippen molar-refractivity contribution in [3.8, 4) is 11.3 Å². The second-order valence-electron chi connectivity index (χ2n) is 6.86. The first-order chi connectivity index (χ1) is 15.1. The van der Waals surface area contributed by atoms with Crippen molar-refractivity contribution in [2.24, 2.45) is 0 Å². The normalized spacial score (nSPS) is 10.9. The molecule has 8 heteroatoms. The zero-order chi connectivity index (χ0) is 21.8. The molecule has 0 aliphatic carbocycles. The highest BCUT2D eigenvalue weighted by Crippen LogP contribution is 2.32. The molecule has 0 atom stereocenters. The Bertz CT molecular complexity index is 1200. The van der Waals surface area contributed by atoms with Crippen molar-refractivity contribution in [1.82, 2.24) is 15.1 Å². The van der Waals surface area contributed by atoms with Crippen molar-refractivity contribution in [3.63, 3.8) is 0 Å². The van der Waals surface area contributed by atoms with Crippen LogP contribution in [0.25, 0.3) is 22.4 Å². The Labute approximate surface area is 178 Å². The molecule has 0 spiro atoms. The van der Waals surface area contributed by atoms with E-state index in [1.165, 1.54) is 17.7 Å². The Hall–Kier alpha value is -3.81. The lowest BCUT2D eigenvalue weighted by Gasteiger charge is -2.09. The van der Waals surface area contributed by atoms with Gasteiger partial charge in [0.1, 0.15) is 22.7 Å². The zero-order valence-corrected chi connectivity index (χ0v) is 17.2. The van der Waals surface area contributed by atoms with Gasteiger partial charge in [-0.15, -0.1) is 0 Å².